The molecule has 0 aliphatic carbocycles. The number of amides is 3. The first-order valence-corrected chi connectivity index (χ1v) is 9.74. The highest BCUT2D eigenvalue weighted by Gasteiger charge is 2.35. The van der Waals surface area contributed by atoms with E-state index in [1.165, 1.54) is 11.8 Å². The number of carbonyl (C=O) groups is 3. The average Bonchev–Trinajstić information content (AvgIpc) is 2.89. The molecule has 1 aromatic rings. The van der Waals surface area contributed by atoms with Crippen LogP contribution in [0, 0.1) is 0 Å². The van der Waals surface area contributed by atoms with E-state index in [9.17, 15) is 22.8 Å². The van der Waals surface area contributed by atoms with Gasteiger partial charge in [-0.15, -0.1) is 0 Å². The maximum absolute atomic E-state index is 12.4. The highest BCUT2D eigenvalue weighted by molar-refractivity contribution is 7.91. The second kappa shape index (κ2) is 7.64. The Morgan fingerprint density at radius 3 is 2.12 bits per heavy atom. The third kappa shape index (κ3) is 5.02. The molecular weight excluding hydrogens is 346 g/mol. The van der Waals surface area contributed by atoms with Crippen LogP contribution in [0.3, 0.4) is 0 Å². The summed E-state index contributed by atoms with van der Waals surface area (Å²) in [6.07, 6.45) is 0.348. The van der Waals surface area contributed by atoms with Gasteiger partial charge in [-0.25, -0.2) is 8.42 Å². The monoisotopic (exact) mass is 367 g/mol. The average molecular weight is 367 g/mol. The van der Waals surface area contributed by atoms with E-state index in [0.717, 1.165) is 0 Å². The molecule has 136 valence electrons. The number of hydrogen-bond donors (Lipinski definition) is 2. The van der Waals surface area contributed by atoms with Gasteiger partial charge in [0.25, 0.3) is 0 Å². The smallest absolute Gasteiger partial charge is 0.313 e. The van der Waals surface area contributed by atoms with Gasteiger partial charge in [0.05, 0.1) is 11.5 Å². The predicted molar refractivity (Wildman–Crippen MR) is 93.8 cm³/mol. The van der Waals surface area contributed by atoms with Gasteiger partial charge in [0.2, 0.25) is 5.91 Å². The zero-order valence-corrected chi connectivity index (χ0v) is 14.9. The van der Waals surface area contributed by atoms with Crippen LogP contribution in [0.1, 0.15) is 20.3 Å². The van der Waals surface area contributed by atoms with Crippen LogP contribution in [-0.4, -0.2) is 55.1 Å². The molecular formula is C16H21N3O5S. The summed E-state index contributed by atoms with van der Waals surface area (Å²) in [4.78, 5) is 36.8. The summed E-state index contributed by atoms with van der Waals surface area (Å²) in [5.41, 5.74) is 0.978. The van der Waals surface area contributed by atoms with E-state index in [4.69, 9.17) is 0 Å². The van der Waals surface area contributed by atoms with Gasteiger partial charge in [-0.2, -0.15) is 0 Å². The standard InChI is InChI=1S/C16H21N3O5S/c1-3-19(14-8-9-25(23,24)10-14)16(22)15(21)18-13-6-4-12(5-7-13)17-11(2)20/h4-7,14H,3,8-10H2,1-2H3,(H,17,20)(H,18,21). The SMILES string of the molecule is CCN(C(=O)C(=O)Nc1ccc(NC(C)=O)cc1)C1CCS(=O)(=O)C1. The van der Waals surface area contributed by atoms with Crippen LogP contribution in [0.5, 0.6) is 0 Å². The summed E-state index contributed by atoms with van der Waals surface area (Å²) >= 11 is 0. The molecule has 25 heavy (non-hydrogen) atoms. The first-order valence-electron chi connectivity index (χ1n) is 7.92. The Morgan fingerprint density at radius 1 is 1.12 bits per heavy atom. The number of sulfone groups is 1. The molecule has 3 amide bonds. The van der Waals surface area contributed by atoms with Crippen LogP contribution in [0.15, 0.2) is 24.3 Å². The molecule has 1 unspecified atom stereocenters. The quantitative estimate of drug-likeness (QED) is 0.758. The van der Waals surface area contributed by atoms with E-state index in [1.54, 1.807) is 31.2 Å². The van der Waals surface area contributed by atoms with Crippen molar-refractivity contribution in [2.45, 2.75) is 26.3 Å². The van der Waals surface area contributed by atoms with E-state index < -0.39 is 27.7 Å². The van der Waals surface area contributed by atoms with Crippen LogP contribution in [-0.2, 0) is 24.2 Å². The third-order valence-electron chi connectivity index (χ3n) is 3.91. The Balaban J connectivity index is 2.01. The molecule has 2 N–H and O–H groups in total. The fourth-order valence-electron chi connectivity index (χ4n) is 2.74. The Kier molecular flexibility index (Phi) is 5.78. The Morgan fingerprint density at radius 2 is 1.68 bits per heavy atom. The van der Waals surface area contributed by atoms with Crippen molar-refractivity contribution >= 4 is 38.9 Å². The van der Waals surface area contributed by atoms with Gasteiger partial charge in [0.15, 0.2) is 9.84 Å². The van der Waals surface area contributed by atoms with E-state index in [2.05, 4.69) is 10.6 Å². The van der Waals surface area contributed by atoms with Gasteiger partial charge in [-0.05, 0) is 37.6 Å². The molecule has 1 aromatic carbocycles. The molecule has 0 saturated carbocycles. The number of rotatable bonds is 4. The highest BCUT2D eigenvalue weighted by atomic mass is 32.2. The first-order chi connectivity index (χ1) is 11.7. The van der Waals surface area contributed by atoms with Crippen molar-refractivity contribution in [2.75, 3.05) is 28.7 Å². The summed E-state index contributed by atoms with van der Waals surface area (Å²) in [6.45, 7) is 3.35. The van der Waals surface area contributed by atoms with Crippen molar-refractivity contribution in [3.63, 3.8) is 0 Å². The van der Waals surface area contributed by atoms with E-state index in [1.807, 2.05) is 0 Å². The first kappa shape index (κ1) is 18.9. The van der Waals surface area contributed by atoms with Crippen LogP contribution >= 0.6 is 0 Å². The van der Waals surface area contributed by atoms with Crippen molar-refractivity contribution in [3.8, 4) is 0 Å². The number of carbonyl (C=O) groups excluding carboxylic acids is 3. The van der Waals surface area contributed by atoms with Crippen molar-refractivity contribution in [3.05, 3.63) is 24.3 Å². The number of nitrogens with one attached hydrogen (secondary N) is 2. The number of anilines is 2. The van der Waals surface area contributed by atoms with E-state index >= 15 is 0 Å². The number of likely N-dealkylation sites (N-methyl/N-ethyl adjacent to an activating group) is 1. The largest absolute Gasteiger partial charge is 0.331 e. The van der Waals surface area contributed by atoms with Gasteiger partial charge in [-0.1, -0.05) is 0 Å². The Labute approximate surface area is 146 Å². The molecule has 2 rings (SSSR count). The zero-order chi connectivity index (χ0) is 18.6. The zero-order valence-electron chi connectivity index (χ0n) is 14.1. The molecule has 0 bridgehead atoms. The van der Waals surface area contributed by atoms with Crippen molar-refractivity contribution in [1.82, 2.24) is 4.90 Å². The molecule has 1 saturated heterocycles. The second-order valence-corrected chi connectivity index (χ2v) is 8.09. The lowest BCUT2D eigenvalue weighted by molar-refractivity contribution is -0.144. The highest BCUT2D eigenvalue weighted by Crippen LogP contribution is 2.19. The molecule has 1 aliphatic heterocycles. The third-order valence-corrected chi connectivity index (χ3v) is 5.66. The minimum Gasteiger partial charge on any atom is -0.331 e. The van der Waals surface area contributed by atoms with Gasteiger partial charge in [-0.3, -0.25) is 14.4 Å². The van der Waals surface area contributed by atoms with Crippen molar-refractivity contribution in [1.29, 1.82) is 0 Å². The minimum absolute atomic E-state index is 0.0354. The predicted octanol–water partition coefficient (Wildman–Crippen LogP) is 0.619. The summed E-state index contributed by atoms with van der Waals surface area (Å²) in [5.74, 6) is -1.86. The topological polar surface area (TPSA) is 113 Å². The number of hydrogen-bond acceptors (Lipinski definition) is 5. The Hall–Kier alpha value is -2.42. The van der Waals surface area contributed by atoms with Gasteiger partial charge >= 0.3 is 11.8 Å². The van der Waals surface area contributed by atoms with Crippen LogP contribution in [0.2, 0.25) is 0 Å². The summed E-state index contributed by atoms with van der Waals surface area (Å²) < 4.78 is 23.2. The fraction of sp³-hybridized carbons (Fsp3) is 0.438. The molecule has 0 radical (unpaired) electrons. The molecule has 8 nitrogen and oxygen atoms in total. The summed E-state index contributed by atoms with van der Waals surface area (Å²) in [7, 11) is -3.14. The number of benzene rings is 1. The van der Waals surface area contributed by atoms with E-state index in [0.29, 0.717) is 17.8 Å². The minimum atomic E-state index is -3.14. The number of nitrogens with zero attached hydrogens (tertiary/aromatic N) is 1. The molecule has 1 heterocycles. The molecule has 1 aliphatic rings. The van der Waals surface area contributed by atoms with Crippen LogP contribution < -0.4 is 10.6 Å². The maximum atomic E-state index is 12.4. The molecule has 1 atom stereocenters. The molecule has 9 heteroatoms. The maximum Gasteiger partial charge on any atom is 0.313 e. The molecule has 0 spiro atoms. The normalized spacial score (nSPS) is 18.4. The lowest BCUT2D eigenvalue weighted by Crippen LogP contribution is -2.46. The van der Waals surface area contributed by atoms with Gasteiger partial charge in [0.1, 0.15) is 0 Å². The van der Waals surface area contributed by atoms with Gasteiger partial charge < -0.3 is 15.5 Å². The summed E-state index contributed by atoms with van der Waals surface area (Å²) in [5, 5.41) is 5.09. The van der Waals surface area contributed by atoms with Crippen LogP contribution in [0.25, 0.3) is 0 Å². The lowest BCUT2D eigenvalue weighted by Gasteiger charge is -2.26. The lowest BCUT2D eigenvalue weighted by atomic mass is 10.2. The summed E-state index contributed by atoms with van der Waals surface area (Å²) in [6, 6.07) is 5.86. The van der Waals surface area contributed by atoms with Crippen molar-refractivity contribution < 1.29 is 22.8 Å². The molecule has 0 aromatic heterocycles. The van der Waals surface area contributed by atoms with E-state index in [-0.39, 0.29) is 24.0 Å². The van der Waals surface area contributed by atoms with Gasteiger partial charge in [0, 0.05) is 30.9 Å². The fourth-order valence-corrected chi connectivity index (χ4v) is 4.47. The van der Waals surface area contributed by atoms with Crippen molar-refractivity contribution in [2.24, 2.45) is 0 Å². The Bertz CT molecular complexity index is 773. The second-order valence-electron chi connectivity index (χ2n) is 5.86. The molecule has 1 fully saturated rings. The van der Waals surface area contributed by atoms with Crippen LogP contribution in [0.4, 0.5) is 11.4 Å².